The quantitative estimate of drug-likeness (QED) is 0.936. The van der Waals surface area contributed by atoms with Crippen LogP contribution in [0.15, 0.2) is 30.6 Å². The van der Waals surface area contributed by atoms with Crippen LogP contribution >= 0.6 is 0 Å². The summed E-state index contributed by atoms with van der Waals surface area (Å²) in [6.45, 7) is 3.68. The first-order chi connectivity index (χ1) is 9.70. The first-order valence-corrected chi connectivity index (χ1v) is 6.19. The van der Waals surface area contributed by atoms with Gasteiger partial charge in [0.25, 0.3) is 0 Å². The Balaban J connectivity index is 2.62. The van der Waals surface area contributed by atoms with Gasteiger partial charge in [-0.15, -0.1) is 0 Å². The lowest BCUT2D eigenvalue weighted by Crippen LogP contribution is -2.08. The normalized spacial score (nSPS) is 11.9. The predicted molar refractivity (Wildman–Crippen MR) is 70.0 cm³/mol. The molecule has 0 spiro atoms. The molecule has 0 aliphatic heterocycles. The summed E-state index contributed by atoms with van der Waals surface area (Å²) >= 11 is 0. The number of hydrogen-bond acceptors (Lipinski definition) is 2. The number of carboxylic acids is 1. The van der Waals surface area contributed by atoms with Gasteiger partial charge in [-0.05, 0) is 37.6 Å². The largest absolute Gasteiger partial charge is 0.478 e. The zero-order chi connectivity index (χ0) is 15.8. The number of aromatic nitrogens is 2. The molecule has 0 saturated heterocycles. The van der Waals surface area contributed by atoms with Gasteiger partial charge >= 0.3 is 12.1 Å². The molecule has 0 unspecified atom stereocenters. The maximum atomic E-state index is 13.1. The van der Waals surface area contributed by atoms with Crippen LogP contribution in [0.25, 0.3) is 11.1 Å². The van der Waals surface area contributed by atoms with Gasteiger partial charge in [-0.2, -0.15) is 18.3 Å². The third kappa shape index (κ3) is 3.07. The highest BCUT2D eigenvalue weighted by Crippen LogP contribution is 2.37. The van der Waals surface area contributed by atoms with Crippen molar-refractivity contribution in [3.05, 3.63) is 41.7 Å². The minimum absolute atomic E-state index is 0.00394. The van der Waals surface area contributed by atoms with E-state index in [-0.39, 0.29) is 22.7 Å². The summed E-state index contributed by atoms with van der Waals surface area (Å²) in [7, 11) is 0. The number of halogens is 3. The van der Waals surface area contributed by atoms with Gasteiger partial charge in [-0.1, -0.05) is 0 Å². The Morgan fingerprint density at radius 1 is 1.33 bits per heavy atom. The number of hydrogen-bond donors (Lipinski definition) is 1. The van der Waals surface area contributed by atoms with Crippen molar-refractivity contribution in [1.82, 2.24) is 9.78 Å². The Labute approximate surface area is 118 Å². The molecule has 7 heteroatoms. The number of nitrogens with zero attached hydrogens (tertiary/aromatic N) is 2. The van der Waals surface area contributed by atoms with E-state index in [0.717, 1.165) is 18.2 Å². The molecule has 0 amide bonds. The standard InChI is InChI=1S/C14H13F3N2O2/c1-8(2)19-7-10(6-18-19)11-5-9(13(20)21)3-4-12(11)14(15,16)17/h3-8H,1-2H3,(H,20,21). The zero-order valence-electron chi connectivity index (χ0n) is 11.3. The maximum absolute atomic E-state index is 13.1. The minimum atomic E-state index is -4.56. The van der Waals surface area contributed by atoms with E-state index in [0.29, 0.717) is 0 Å². The Hall–Kier alpha value is -2.31. The van der Waals surface area contributed by atoms with Crippen LogP contribution < -0.4 is 0 Å². The Kier molecular flexibility index (Phi) is 3.76. The number of aromatic carboxylic acids is 1. The van der Waals surface area contributed by atoms with E-state index >= 15 is 0 Å². The number of rotatable bonds is 3. The van der Waals surface area contributed by atoms with Gasteiger partial charge in [0.05, 0.1) is 17.3 Å². The number of alkyl halides is 3. The minimum Gasteiger partial charge on any atom is -0.478 e. The van der Waals surface area contributed by atoms with E-state index in [4.69, 9.17) is 5.11 Å². The smallest absolute Gasteiger partial charge is 0.417 e. The molecule has 1 heterocycles. The second-order valence-electron chi connectivity index (χ2n) is 4.87. The van der Waals surface area contributed by atoms with Gasteiger partial charge in [-0.3, -0.25) is 4.68 Å². The molecule has 1 aromatic heterocycles. The molecule has 0 fully saturated rings. The van der Waals surface area contributed by atoms with Gasteiger partial charge in [0.2, 0.25) is 0 Å². The fourth-order valence-corrected chi connectivity index (χ4v) is 1.92. The molecule has 1 N–H and O–H groups in total. The summed E-state index contributed by atoms with van der Waals surface area (Å²) in [5, 5.41) is 12.9. The fraction of sp³-hybridized carbons (Fsp3) is 0.286. The first kappa shape index (κ1) is 15.1. The molecule has 4 nitrogen and oxygen atoms in total. The maximum Gasteiger partial charge on any atom is 0.417 e. The summed E-state index contributed by atoms with van der Waals surface area (Å²) in [4.78, 5) is 11.0. The van der Waals surface area contributed by atoms with Crippen LogP contribution in [0.4, 0.5) is 13.2 Å². The third-order valence-electron chi connectivity index (χ3n) is 3.01. The summed E-state index contributed by atoms with van der Waals surface area (Å²) in [5.74, 6) is -1.28. The first-order valence-electron chi connectivity index (χ1n) is 6.19. The van der Waals surface area contributed by atoms with E-state index in [1.165, 1.54) is 17.1 Å². The van der Waals surface area contributed by atoms with E-state index in [1.807, 2.05) is 13.8 Å². The zero-order valence-corrected chi connectivity index (χ0v) is 11.3. The molecule has 0 saturated carbocycles. The van der Waals surface area contributed by atoms with Crippen molar-refractivity contribution in [3.8, 4) is 11.1 Å². The highest BCUT2D eigenvalue weighted by molar-refractivity contribution is 5.90. The fourth-order valence-electron chi connectivity index (χ4n) is 1.92. The summed E-state index contributed by atoms with van der Waals surface area (Å²) in [6, 6.07) is 2.75. The van der Waals surface area contributed by atoms with Crippen molar-refractivity contribution in [3.63, 3.8) is 0 Å². The van der Waals surface area contributed by atoms with E-state index in [1.54, 1.807) is 0 Å². The molecule has 0 aliphatic rings. The van der Waals surface area contributed by atoms with E-state index < -0.39 is 17.7 Å². The van der Waals surface area contributed by atoms with Crippen molar-refractivity contribution in [1.29, 1.82) is 0 Å². The SMILES string of the molecule is CC(C)n1cc(-c2cc(C(=O)O)ccc2C(F)(F)F)cn1. The van der Waals surface area contributed by atoms with Crippen LogP contribution in [-0.4, -0.2) is 20.9 Å². The summed E-state index contributed by atoms with van der Waals surface area (Å²) < 4.78 is 40.7. The van der Waals surface area contributed by atoms with Crippen molar-refractivity contribution in [2.75, 3.05) is 0 Å². The van der Waals surface area contributed by atoms with Gasteiger partial charge in [0.15, 0.2) is 0 Å². The second kappa shape index (κ2) is 5.23. The summed E-state index contributed by atoms with van der Waals surface area (Å²) in [6.07, 6.45) is -1.79. The van der Waals surface area contributed by atoms with Crippen molar-refractivity contribution >= 4 is 5.97 Å². The van der Waals surface area contributed by atoms with Crippen molar-refractivity contribution < 1.29 is 23.1 Å². The molecule has 0 aliphatic carbocycles. The van der Waals surface area contributed by atoms with Gasteiger partial charge in [-0.25, -0.2) is 4.79 Å². The third-order valence-corrected chi connectivity index (χ3v) is 3.01. The molecular formula is C14H13F3N2O2. The van der Waals surface area contributed by atoms with Gasteiger partial charge in [0.1, 0.15) is 0 Å². The molecular weight excluding hydrogens is 285 g/mol. The summed E-state index contributed by atoms with van der Waals surface area (Å²) in [5.41, 5.74) is -1.03. The lowest BCUT2D eigenvalue weighted by molar-refractivity contribution is -0.137. The van der Waals surface area contributed by atoms with Crippen LogP contribution in [0.2, 0.25) is 0 Å². The average Bonchev–Trinajstić information content (AvgIpc) is 2.86. The molecule has 0 atom stereocenters. The molecule has 21 heavy (non-hydrogen) atoms. The second-order valence-corrected chi connectivity index (χ2v) is 4.87. The number of carbonyl (C=O) groups is 1. The molecule has 2 aromatic rings. The Morgan fingerprint density at radius 3 is 2.48 bits per heavy atom. The van der Waals surface area contributed by atoms with Crippen molar-refractivity contribution in [2.24, 2.45) is 0 Å². The van der Waals surface area contributed by atoms with Crippen LogP contribution in [0.5, 0.6) is 0 Å². The number of benzene rings is 1. The molecule has 2 rings (SSSR count). The van der Waals surface area contributed by atoms with E-state index in [2.05, 4.69) is 5.10 Å². The highest BCUT2D eigenvalue weighted by atomic mass is 19.4. The van der Waals surface area contributed by atoms with Gasteiger partial charge in [0, 0.05) is 17.8 Å². The average molecular weight is 298 g/mol. The lowest BCUT2D eigenvalue weighted by Gasteiger charge is -2.12. The monoisotopic (exact) mass is 298 g/mol. The van der Waals surface area contributed by atoms with Crippen LogP contribution in [0, 0.1) is 0 Å². The van der Waals surface area contributed by atoms with E-state index in [9.17, 15) is 18.0 Å². The van der Waals surface area contributed by atoms with Gasteiger partial charge < -0.3 is 5.11 Å². The molecule has 112 valence electrons. The molecule has 1 aromatic carbocycles. The van der Waals surface area contributed by atoms with Crippen LogP contribution in [0.3, 0.4) is 0 Å². The van der Waals surface area contributed by atoms with Crippen LogP contribution in [0.1, 0.15) is 35.8 Å². The Bertz CT molecular complexity index is 675. The van der Waals surface area contributed by atoms with Crippen molar-refractivity contribution in [2.45, 2.75) is 26.1 Å². The lowest BCUT2D eigenvalue weighted by atomic mass is 9.99. The Morgan fingerprint density at radius 2 is 2.00 bits per heavy atom. The number of carboxylic acid groups (broad SMARTS) is 1. The molecule has 0 bridgehead atoms. The predicted octanol–water partition coefficient (Wildman–Crippen LogP) is 3.85. The van der Waals surface area contributed by atoms with Crippen LogP contribution in [-0.2, 0) is 6.18 Å². The topological polar surface area (TPSA) is 55.1 Å². The molecule has 0 radical (unpaired) electrons. The highest BCUT2D eigenvalue weighted by Gasteiger charge is 2.34.